The third-order valence-electron chi connectivity index (χ3n) is 4.23. The summed E-state index contributed by atoms with van der Waals surface area (Å²) < 4.78 is 1.28. The molecule has 0 bridgehead atoms. The van der Waals surface area contributed by atoms with Crippen LogP contribution in [0.1, 0.15) is 34.4 Å². The molecule has 0 unspecified atom stereocenters. The summed E-state index contributed by atoms with van der Waals surface area (Å²) in [6.07, 6.45) is 5.41. The number of benzene rings is 1. The van der Waals surface area contributed by atoms with Crippen LogP contribution in [0.5, 0.6) is 5.75 Å². The molecule has 1 amide bonds. The molecule has 0 saturated carbocycles. The molecule has 8 heteroatoms. The van der Waals surface area contributed by atoms with Crippen LogP contribution in [0.15, 0.2) is 17.7 Å². The molecule has 1 aliphatic carbocycles. The van der Waals surface area contributed by atoms with Gasteiger partial charge in [-0.2, -0.15) is 10.5 Å². The lowest BCUT2D eigenvalue weighted by atomic mass is 9.96. The van der Waals surface area contributed by atoms with Gasteiger partial charge in [0.25, 0.3) is 5.91 Å². The number of nitrogens with one attached hydrogen (secondary N) is 1. The number of nitrogens with zero attached hydrogens (tertiary/aromatic N) is 2. The number of aromatic hydroxyl groups is 1. The summed E-state index contributed by atoms with van der Waals surface area (Å²) in [5.74, 6) is -0.357. The van der Waals surface area contributed by atoms with Crippen LogP contribution < -0.4 is 5.32 Å². The van der Waals surface area contributed by atoms with Gasteiger partial charge >= 0.3 is 0 Å². The highest BCUT2D eigenvalue weighted by molar-refractivity contribution is 14.1. The number of aryl methyl sites for hydroxylation is 1. The third-order valence-corrected chi connectivity index (χ3v) is 7.08. The number of carbonyl (C=O) groups excluding carboxylic acids is 1. The van der Waals surface area contributed by atoms with Crippen LogP contribution in [0.4, 0.5) is 5.00 Å². The molecule has 136 valence electrons. The number of phenols is 1. The van der Waals surface area contributed by atoms with E-state index in [0.29, 0.717) is 23.3 Å². The predicted octanol–water partition coefficient (Wildman–Crippen LogP) is 4.96. The molecule has 27 heavy (non-hydrogen) atoms. The maximum Gasteiger partial charge on any atom is 0.266 e. The van der Waals surface area contributed by atoms with Crippen molar-refractivity contribution >= 4 is 73.5 Å². The first-order valence-corrected chi connectivity index (χ1v) is 11.1. The average Bonchev–Trinajstić information content (AvgIpc) is 3.00. The van der Waals surface area contributed by atoms with E-state index >= 15 is 0 Å². The Morgan fingerprint density at radius 3 is 2.52 bits per heavy atom. The minimum absolute atomic E-state index is 0.0532. The van der Waals surface area contributed by atoms with Gasteiger partial charge in [-0.1, -0.05) is 0 Å². The van der Waals surface area contributed by atoms with E-state index in [1.807, 2.05) is 51.3 Å². The number of phenolic OH excluding ortho intramolecular Hbond substituents is 1. The van der Waals surface area contributed by atoms with Gasteiger partial charge in [0.15, 0.2) is 0 Å². The Bertz CT molecular complexity index is 1020. The van der Waals surface area contributed by atoms with Crippen molar-refractivity contribution in [2.45, 2.75) is 25.7 Å². The average molecular weight is 601 g/mol. The van der Waals surface area contributed by atoms with Gasteiger partial charge in [-0.3, -0.25) is 4.79 Å². The molecule has 1 aromatic heterocycles. The maximum absolute atomic E-state index is 12.6. The smallest absolute Gasteiger partial charge is 0.266 e. The quantitative estimate of drug-likeness (QED) is 0.296. The van der Waals surface area contributed by atoms with Gasteiger partial charge in [-0.15, -0.1) is 11.3 Å². The molecule has 2 N–H and O–H groups in total. The predicted molar refractivity (Wildman–Crippen MR) is 121 cm³/mol. The van der Waals surface area contributed by atoms with E-state index in [1.54, 1.807) is 12.1 Å². The minimum atomic E-state index is -0.536. The topological polar surface area (TPSA) is 96.9 Å². The minimum Gasteiger partial charge on any atom is -0.506 e. The van der Waals surface area contributed by atoms with E-state index in [4.69, 9.17) is 0 Å². The van der Waals surface area contributed by atoms with Crippen molar-refractivity contribution < 1.29 is 9.90 Å². The number of carbonyl (C=O) groups is 1. The number of hydrogen-bond donors (Lipinski definition) is 2. The van der Waals surface area contributed by atoms with Crippen LogP contribution in [0.25, 0.3) is 6.08 Å². The van der Waals surface area contributed by atoms with Gasteiger partial charge in [0, 0.05) is 4.88 Å². The summed E-state index contributed by atoms with van der Waals surface area (Å²) in [6.45, 7) is 0. The van der Waals surface area contributed by atoms with Gasteiger partial charge in [0.1, 0.15) is 28.5 Å². The van der Waals surface area contributed by atoms with Crippen LogP contribution in [0.3, 0.4) is 0 Å². The fourth-order valence-corrected chi connectivity index (χ4v) is 5.98. The van der Waals surface area contributed by atoms with Crippen LogP contribution in [0, 0.1) is 29.8 Å². The molecule has 0 fully saturated rings. The highest BCUT2D eigenvalue weighted by atomic mass is 127. The Morgan fingerprint density at radius 2 is 1.89 bits per heavy atom. The summed E-state index contributed by atoms with van der Waals surface area (Å²) in [6, 6.07) is 7.53. The number of rotatable bonds is 3. The zero-order valence-electron chi connectivity index (χ0n) is 14.0. The van der Waals surface area contributed by atoms with Crippen LogP contribution in [-0.4, -0.2) is 11.0 Å². The van der Waals surface area contributed by atoms with Gasteiger partial charge in [-0.05, 0) is 100 Å². The molecule has 2 aromatic rings. The molecular formula is C19H13I2N3O2S. The molecule has 1 aromatic carbocycles. The third kappa shape index (κ3) is 4.28. The van der Waals surface area contributed by atoms with E-state index in [0.717, 1.165) is 36.1 Å². The van der Waals surface area contributed by atoms with Crippen molar-refractivity contribution in [3.05, 3.63) is 46.4 Å². The Labute approximate surface area is 188 Å². The number of fused-ring (bicyclic) bond motifs is 1. The second-order valence-electron chi connectivity index (χ2n) is 5.98. The van der Waals surface area contributed by atoms with Crippen LogP contribution >= 0.6 is 56.5 Å². The molecule has 0 radical (unpaired) electrons. The van der Waals surface area contributed by atoms with E-state index in [9.17, 15) is 20.4 Å². The number of hydrogen-bond acceptors (Lipinski definition) is 5. The lowest BCUT2D eigenvalue weighted by Crippen LogP contribution is -2.13. The van der Waals surface area contributed by atoms with Crippen molar-refractivity contribution in [3.63, 3.8) is 0 Å². The first kappa shape index (κ1) is 20.1. The fourth-order valence-electron chi connectivity index (χ4n) is 2.93. The number of amides is 1. The van der Waals surface area contributed by atoms with Crippen LogP contribution in [-0.2, 0) is 17.6 Å². The summed E-state index contributed by atoms with van der Waals surface area (Å²) in [5.41, 5.74) is 2.16. The van der Waals surface area contributed by atoms with Crippen molar-refractivity contribution in [3.8, 4) is 17.9 Å². The maximum atomic E-state index is 12.6. The lowest BCUT2D eigenvalue weighted by molar-refractivity contribution is -0.112. The van der Waals surface area contributed by atoms with Gasteiger partial charge in [0.2, 0.25) is 0 Å². The van der Waals surface area contributed by atoms with Gasteiger partial charge in [-0.25, -0.2) is 0 Å². The molecule has 1 heterocycles. The first-order valence-electron chi connectivity index (χ1n) is 8.10. The van der Waals surface area contributed by atoms with Crippen molar-refractivity contribution in [2.75, 3.05) is 5.32 Å². The lowest BCUT2D eigenvalue weighted by Gasteiger charge is -2.09. The standard InChI is InChI=1S/C19H13I2N3O2S/c20-14-6-10(7-15(21)17(14)25)5-11(8-22)18(26)24-19-13(9-23)12-3-1-2-4-16(12)27-19/h5-7,25H,1-4H2,(H,24,26). The zero-order chi connectivity index (χ0) is 19.6. The Hall–Kier alpha value is -1.63. The Kier molecular flexibility index (Phi) is 6.40. The number of halogens is 2. The summed E-state index contributed by atoms with van der Waals surface area (Å²) in [5, 5.41) is 32.0. The van der Waals surface area contributed by atoms with Gasteiger partial charge < -0.3 is 10.4 Å². The second kappa shape index (κ2) is 8.59. The van der Waals surface area contributed by atoms with E-state index in [-0.39, 0.29) is 11.3 Å². The first-order chi connectivity index (χ1) is 12.9. The molecule has 0 atom stereocenters. The normalized spacial score (nSPS) is 13.4. The number of anilines is 1. The molecule has 5 nitrogen and oxygen atoms in total. The highest BCUT2D eigenvalue weighted by Crippen LogP contribution is 2.37. The molecule has 3 rings (SSSR count). The van der Waals surface area contributed by atoms with E-state index in [2.05, 4.69) is 11.4 Å². The largest absolute Gasteiger partial charge is 0.506 e. The molecule has 0 saturated heterocycles. The van der Waals surface area contributed by atoms with E-state index < -0.39 is 5.91 Å². The summed E-state index contributed by atoms with van der Waals surface area (Å²) in [4.78, 5) is 13.8. The Balaban J connectivity index is 1.90. The molecule has 0 aliphatic heterocycles. The van der Waals surface area contributed by atoms with E-state index in [1.165, 1.54) is 17.4 Å². The van der Waals surface area contributed by atoms with Crippen molar-refractivity contribution in [2.24, 2.45) is 0 Å². The summed E-state index contributed by atoms with van der Waals surface area (Å²) >= 11 is 5.43. The SMILES string of the molecule is N#CC(=Cc1cc(I)c(O)c(I)c1)C(=O)Nc1sc2c(c1C#N)CCCC2. The van der Waals surface area contributed by atoms with Gasteiger partial charge in [0.05, 0.1) is 12.7 Å². The molecular weight excluding hydrogens is 588 g/mol. The van der Waals surface area contributed by atoms with Crippen molar-refractivity contribution in [1.29, 1.82) is 10.5 Å². The summed E-state index contributed by atoms with van der Waals surface area (Å²) in [7, 11) is 0. The molecule has 0 spiro atoms. The Morgan fingerprint density at radius 1 is 1.22 bits per heavy atom. The zero-order valence-corrected chi connectivity index (χ0v) is 19.1. The highest BCUT2D eigenvalue weighted by Gasteiger charge is 2.22. The van der Waals surface area contributed by atoms with Crippen LogP contribution in [0.2, 0.25) is 0 Å². The molecule has 1 aliphatic rings. The number of thiophene rings is 1. The number of nitriles is 2. The van der Waals surface area contributed by atoms with Crippen molar-refractivity contribution in [1.82, 2.24) is 0 Å². The fraction of sp³-hybridized carbons (Fsp3) is 0.211. The second-order valence-corrected chi connectivity index (χ2v) is 9.41. The monoisotopic (exact) mass is 601 g/mol.